The molecule has 0 aromatic heterocycles. The highest BCUT2D eigenvalue weighted by atomic mass is 16.5. The Labute approximate surface area is 95.6 Å². The first-order valence-electron chi connectivity index (χ1n) is 6.04. The van der Waals surface area contributed by atoms with Gasteiger partial charge in [0.15, 0.2) is 5.78 Å². The molecule has 1 amide bonds. The summed E-state index contributed by atoms with van der Waals surface area (Å²) in [7, 11) is 0. The van der Waals surface area contributed by atoms with Crippen molar-refractivity contribution >= 4 is 11.7 Å². The average molecular weight is 222 g/mol. The molecular weight excluding hydrogens is 206 g/mol. The van der Waals surface area contributed by atoms with Gasteiger partial charge in [0.05, 0.1) is 18.0 Å². The molecule has 86 valence electrons. The van der Waals surface area contributed by atoms with Crippen molar-refractivity contribution in [2.45, 2.75) is 32.0 Å². The molecule has 0 radical (unpaired) electrons. The molecule has 3 aliphatic rings. The van der Waals surface area contributed by atoms with Crippen molar-refractivity contribution in [3.63, 3.8) is 0 Å². The van der Waals surface area contributed by atoms with Crippen LogP contribution in [-0.4, -0.2) is 35.0 Å². The van der Waals surface area contributed by atoms with Crippen LogP contribution in [0.3, 0.4) is 0 Å². The van der Waals surface area contributed by atoms with Gasteiger partial charge in [-0.25, -0.2) is 0 Å². The topological polar surface area (TPSA) is 46.6 Å². The van der Waals surface area contributed by atoms with Crippen LogP contribution in [0.15, 0.2) is 12.2 Å². The number of nitrogens with zero attached hydrogens (tertiary/aromatic N) is 1. The van der Waals surface area contributed by atoms with E-state index in [0.29, 0.717) is 6.61 Å². The van der Waals surface area contributed by atoms with Gasteiger partial charge < -0.3 is 9.64 Å². The highest BCUT2D eigenvalue weighted by molar-refractivity contribution is 5.95. The van der Waals surface area contributed by atoms with E-state index < -0.39 is 12.1 Å². The van der Waals surface area contributed by atoms with Gasteiger partial charge in [-0.3, -0.25) is 9.59 Å². The van der Waals surface area contributed by atoms with Gasteiger partial charge in [0.25, 0.3) is 0 Å². The van der Waals surface area contributed by atoms with E-state index in [-0.39, 0.29) is 29.6 Å². The lowest BCUT2D eigenvalue weighted by atomic mass is 9.85. The number of carbonyl (C=O) groups excluding carboxylic acids is 2. The normalized spacial score (nSPS) is 45.6. The van der Waals surface area contributed by atoms with Crippen LogP contribution in [0.4, 0.5) is 0 Å². The van der Waals surface area contributed by atoms with Gasteiger partial charge in [0.2, 0.25) is 5.91 Å². The molecule has 2 heterocycles. The zero-order chi connectivity index (χ0) is 12.4. The van der Waals surface area contributed by atoms with Crippen molar-refractivity contribution in [3.8, 4) is 0 Å². The summed E-state index contributed by atoms with van der Waals surface area (Å²) in [6, 6.07) is 0. The molecular formula is C12H15NO3. The third-order valence-electron chi connectivity index (χ3n) is 3.59. The van der Waals surface area contributed by atoms with E-state index in [1.807, 2.05) is 13.8 Å². The molecule has 0 spiro atoms. The first kappa shape index (κ1) is 8.93. The lowest BCUT2D eigenvalue weighted by Gasteiger charge is -2.28. The minimum atomic E-state index is -1.31. The Hall–Kier alpha value is -1.16. The minimum absolute atomic E-state index is 0.0270. The molecule has 4 nitrogen and oxygen atoms in total. The average Bonchev–Trinajstić information content (AvgIpc) is 2.66. The van der Waals surface area contributed by atoms with Crippen LogP contribution < -0.4 is 0 Å². The zero-order valence-corrected chi connectivity index (χ0v) is 9.40. The van der Waals surface area contributed by atoms with E-state index >= 15 is 0 Å². The minimum Gasteiger partial charge on any atom is -0.356 e. The fourth-order valence-electron chi connectivity index (χ4n) is 2.79. The second-order valence-electron chi connectivity index (χ2n) is 5.25. The zero-order valence-electron chi connectivity index (χ0n) is 10.4. The lowest BCUT2D eigenvalue weighted by Crippen LogP contribution is -2.44. The van der Waals surface area contributed by atoms with Crippen LogP contribution in [-0.2, 0) is 14.3 Å². The van der Waals surface area contributed by atoms with Crippen molar-refractivity contribution in [1.29, 1.82) is 0 Å². The molecule has 3 atom stereocenters. The van der Waals surface area contributed by atoms with Crippen LogP contribution in [0.5, 0.6) is 0 Å². The quantitative estimate of drug-likeness (QED) is 0.607. The molecule has 4 heteroatoms. The maximum atomic E-state index is 12.4. The third kappa shape index (κ3) is 1.13. The number of allylic oxidation sites excluding steroid dienone is 1. The SMILES string of the molecule is [2H][C@@]12C=CC(=O)C[C@@H]1[C@@H]1OCC(C)(C)N1C2=O. The molecule has 1 aliphatic carbocycles. The summed E-state index contributed by atoms with van der Waals surface area (Å²) in [6.07, 6.45) is 2.60. The Morgan fingerprint density at radius 2 is 2.31 bits per heavy atom. The molecule has 0 aromatic carbocycles. The molecule has 16 heavy (non-hydrogen) atoms. The van der Waals surface area contributed by atoms with Crippen molar-refractivity contribution in [2.75, 3.05) is 6.61 Å². The van der Waals surface area contributed by atoms with E-state index in [0.717, 1.165) is 0 Å². The summed E-state index contributed by atoms with van der Waals surface area (Å²) >= 11 is 0. The standard InChI is InChI=1S/C12H15NO3/c1-12(2)6-16-11-9-5-7(14)3-4-8(9)10(15)13(11)12/h3-4,8-9,11H,5-6H2,1-2H3/t8-,9+,11+/m1/s1/i8D. The van der Waals surface area contributed by atoms with Crippen molar-refractivity contribution in [3.05, 3.63) is 12.2 Å². The fraction of sp³-hybridized carbons (Fsp3) is 0.667. The van der Waals surface area contributed by atoms with Crippen molar-refractivity contribution < 1.29 is 15.7 Å². The van der Waals surface area contributed by atoms with Gasteiger partial charge in [-0.15, -0.1) is 0 Å². The molecule has 2 aliphatic heterocycles. The molecule has 2 fully saturated rings. The summed E-state index contributed by atoms with van der Waals surface area (Å²) in [6.45, 7) is 4.32. The Bertz CT molecular complexity index is 445. The Kier molecular flexibility index (Phi) is 1.64. The Morgan fingerprint density at radius 3 is 3.06 bits per heavy atom. The summed E-state index contributed by atoms with van der Waals surface area (Å²) in [5, 5.41) is 0. The number of ether oxygens (including phenoxy) is 1. The highest BCUT2D eigenvalue weighted by Crippen LogP contribution is 2.44. The van der Waals surface area contributed by atoms with E-state index in [1.54, 1.807) is 4.90 Å². The summed E-state index contributed by atoms with van der Waals surface area (Å²) < 4.78 is 13.9. The summed E-state index contributed by atoms with van der Waals surface area (Å²) in [5.41, 5.74) is -0.385. The molecule has 2 saturated heterocycles. The number of hydrogen-bond acceptors (Lipinski definition) is 3. The van der Waals surface area contributed by atoms with Crippen LogP contribution in [0.2, 0.25) is 0 Å². The van der Waals surface area contributed by atoms with Gasteiger partial charge in [0.1, 0.15) is 6.23 Å². The van der Waals surface area contributed by atoms with Crippen LogP contribution in [0, 0.1) is 11.8 Å². The van der Waals surface area contributed by atoms with E-state index in [4.69, 9.17) is 6.11 Å². The monoisotopic (exact) mass is 222 g/mol. The number of rotatable bonds is 0. The van der Waals surface area contributed by atoms with E-state index in [9.17, 15) is 9.59 Å². The number of ketones is 1. The van der Waals surface area contributed by atoms with Gasteiger partial charge in [0, 0.05) is 13.7 Å². The third-order valence-corrected chi connectivity index (χ3v) is 3.59. The second kappa shape index (κ2) is 2.94. The number of fused-ring (bicyclic) bond motifs is 3. The first-order valence-corrected chi connectivity index (χ1v) is 5.54. The molecule has 0 saturated carbocycles. The summed E-state index contributed by atoms with van der Waals surface area (Å²) in [5.74, 6) is -1.94. The first-order chi connectivity index (χ1) is 7.86. The van der Waals surface area contributed by atoms with Crippen molar-refractivity contribution in [1.82, 2.24) is 4.90 Å². The predicted octanol–water partition coefficient (Wildman–Crippen LogP) is 0.725. The molecule has 0 aromatic rings. The van der Waals surface area contributed by atoms with Crippen molar-refractivity contribution in [2.24, 2.45) is 11.8 Å². The Morgan fingerprint density at radius 1 is 1.56 bits per heavy atom. The number of hydrogen-bond donors (Lipinski definition) is 0. The summed E-state index contributed by atoms with van der Waals surface area (Å²) in [4.78, 5) is 25.5. The van der Waals surface area contributed by atoms with Crippen LogP contribution >= 0.6 is 0 Å². The van der Waals surface area contributed by atoms with Gasteiger partial charge in [-0.2, -0.15) is 0 Å². The molecule has 0 unspecified atom stereocenters. The fourth-order valence-corrected chi connectivity index (χ4v) is 2.79. The van der Waals surface area contributed by atoms with E-state index in [1.165, 1.54) is 12.2 Å². The Balaban J connectivity index is 2.07. The lowest BCUT2D eigenvalue weighted by molar-refractivity contribution is -0.134. The largest absolute Gasteiger partial charge is 0.356 e. The van der Waals surface area contributed by atoms with Crippen LogP contribution in [0.1, 0.15) is 21.6 Å². The molecule has 0 N–H and O–H groups in total. The maximum Gasteiger partial charge on any atom is 0.232 e. The number of amides is 1. The van der Waals surface area contributed by atoms with E-state index in [2.05, 4.69) is 0 Å². The predicted molar refractivity (Wildman–Crippen MR) is 56.4 cm³/mol. The number of carbonyl (C=O) groups is 2. The van der Waals surface area contributed by atoms with Crippen LogP contribution in [0.25, 0.3) is 0 Å². The smallest absolute Gasteiger partial charge is 0.232 e. The maximum absolute atomic E-state index is 12.4. The van der Waals surface area contributed by atoms with Gasteiger partial charge in [-0.1, -0.05) is 6.08 Å². The molecule has 3 rings (SSSR count). The second-order valence-corrected chi connectivity index (χ2v) is 5.25. The van der Waals surface area contributed by atoms with Gasteiger partial charge >= 0.3 is 0 Å². The van der Waals surface area contributed by atoms with Gasteiger partial charge in [-0.05, 0) is 19.9 Å². The highest BCUT2D eigenvalue weighted by Gasteiger charge is 2.57. The molecule has 0 bridgehead atoms.